The number of ether oxygens (including phenoxy) is 3. The summed E-state index contributed by atoms with van der Waals surface area (Å²) in [5, 5.41) is 6.77. The van der Waals surface area contributed by atoms with Crippen LogP contribution >= 0.6 is 11.6 Å². The standard InChI is InChI=1S/C30H34ClN5O5/c1-18(19-5-4-6-23(13-19)40-3)33-28(37)26(17-39-2)36-16-21-8-7-20(14-24(21)29(36)38)27-25(31)15-32-30(35-27)34-22-9-11-41-12-10-22/h4-8,13-15,18,22,26H,9-12,16-17H2,1-3H3,(H,33,37)(H,32,34,35)/t18-,26?/m1/s1. The molecule has 3 aromatic rings. The Morgan fingerprint density at radius 2 is 2.00 bits per heavy atom. The molecule has 11 heteroatoms. The summed E-state index contributed by atoms with van der Waals surface area (Å²) in [7, 11) is 3.11. The van der Waals surface area contributed by atoms with Gasteiger partial charge in [-0.2, -0.15) is 0 Å². The maximum Gasteiger partial charge on any atom is 0.255 e. The van der Waals surface area contributed by atoms with Gasteiger partial charge in [-0.05, 0) is 49.1 Å². The van der Waals surface area contributed by atoms with Crippen LogP contribution in [0.1, 0.15) is 47.3 Å². The van der Waals surface area contributed by atoms with Gasteiger partial charge in [0.05, 0.1) is 36.7 Å². The van der Waals surface area contributed by atoms with Crippen molar-refractivity contribution in [2.24, 2.45) is 0 Å². The van der Waals surface area contributed by atoms with E-state index in [9.17, 15) is 9.59 Å². The molecule has 216 valence electrons. The molecule has 10 nitrogen and oxygen atoms in total. The van der Waals surface area contributed by atoms with Crippen LogP contribution in [0.3, 0.4) is 0 Å². The lowest BCUT2D eigenvalue weighted by Crippen LogP contribution is -2.50. The molecule has 3 heterocycles. The van der Waals surface area contributed by atoms with Crippen molar-refractivity contribution in [3.63, 3.8) is 0 Å². The number of nitrogens with zero attached hydrogens (tertiary/aromatic N) is 3. The summed E-state index contributed by atoms with van der Waals surface area (Å²) < 4.78 is 16.1. The molecule has 1 aromatic heterocycles. The van der Waals surface area contributed by atoms with Gasteiger partial charge >= 0.3 is 0 Å². The van der Waals surface area contributed by atoms with Crippen LogP contribution in [0.5, 0.6) is 5.75 Å². The van der Waals surface area contributed by atoms with Gasteiger partial charge in [0.15, 0.2) is 0 Å². The maximum absolute atomic E-state index is 13.6. The number of amides is 2. The molecule has 41 heavy (non-hydrogen) atoms. The quantitative estimate of drug-likeness (QED) is 0.366. The molecule has 0 spiro atoms. The summed E-state index contributed by atoms with van der Waals surface area (Å²) >= 11 is 6.50. The van der Waals surface area contributed by atoms with E-state index in [0.717, 1.165) is 24.0 Å². The Labute approximate surface area is 244 Å². The Balaban J connectivity index is 1.33. The van der Waals surface area contributed by atoms with E-state index >= 15 is 0 Å². The van der Waals surface area contributed by atoms with Crippen molar-refractivity contribution in [1.29, 1.82) is 0 Å². The second-order valence-corrected chi connectivity index (χ2v) is 10.6. The Kier molecular flexibility index (Phi) is 9.02. The molecule has 2 amide bonds. The van der Waals surface area contributed by atoms with Crippen molar-refractivity contribution >= 4 is 29.4 Å². The zero-order valence-corrected chi connectivity index (χ0v) is 24.1. The predicted octanol–water partition coefficient (Wildman–Crippen LogP) is 4.24. The molecule has 0 bridgehead atoms. The number of halogens is 1. The van der Waals surface area contributed by atoms with Gasteiger partial charge in [-0.3, -0.25) is 9.59 Å². The van der Waals surface area contributed by atoms with E-state index in [2.05, 4.69) is 20.6 Å². The maximum atomic E-state index is 13.6. The Morgan fingerprint density at radius 1 is 1.20 bits per heavy atom. The van der Waals surface area contributed by atoms with E-state index < -0.39 is 6.04 Å². The Hall–Kier alpha value is -3.73. The highest BCUT2D eigenvalue weighted by atomic mass is 35.5. The first-order chi connectivity index (χ1) is 19.9. The number of carbonyl (C=O) groups is 2. The van der Waals surface area contributed by atoms with E-state index in [-0.39, 0.29) is 37.0 Å². The summed E-state index contributed by atoms with van der Waals surface area (Å²) in [6.07, 6.45) is 3.31. The largest absolute Gasteiger partial charge is 0.497 e. The molecule has 2 aromatic carbocycles. The minimum atomic E-state index is -0.811. The zero-order valence-electron chi connectivity index (χ0n) is 23.4. The predicted molar refractivity (Wildman–Crippen MR) is 155 cm³/mol. The van der Waals surface area contributed by atoms with E-state index in [1.54, 1.807) is 24.3 Å². The molecular weight excluding hydrogens is 546 g/mol. The average Bonchev–Trinajstić information content (AvgIpc) is 3.32. The number of anilines is 1. The molecule has 1 saturated heterocycles. The highest BCUT2D eigenvalue weighted by Crippen LogP contribution is 2.33. The van der Waals surface area contributed by atoms with Crippen LogP contribution in [0, 0.1) is 0 Å². The van der Waals surface area contributed by atoms with Gasteiger partial charge in [-0.25, -0.2) is 9.97 Å². The Morgan fingerprint density at radius 3 is 2.76 bits per heavy atom. The number of benzene rings is 2. The number of methoxy groups -OCH3 is 2. The van der Waals surface area contributed by atoms with Crippen molar-refractivity contribution in [2.45, 2.75) is 44.4 Å². The Bertz CT molecular complexity index is 1410. The molecule has 0 aliphatic carbocycles. The summed E-state index contributed by atoms with van der Waals surface area (Å²) in [5.74, 6) is 0.630. The van der Waals surface area contributed by atoms with E-state index in [1.807, 2.05) is 43.3 Å². The molecule has 2 aliphatic rings. The smallest absolute Gasteiger partial charge is 0.255 e. The molecule has 0 saturated carbocycles. The topological polar surface area (TPSA) is 115 Å². The number of rotatable bonds is 10. The molecular formula is C30H34ClN5O5. The van der Waals surface area contributed by atoms with Gasteiger partial charge in [-0.15, -0.1) is 0 Å². The van der Waals surface area contributed by atoms with Crippen LogP contribution < -0.4 is 15.4 Å². The average molecular weight is 580 g/mol. The normalized spacial score (nSPS) is 16.7. The summed E-state index contributed by atoms with van der Waals surface area (Å²) in [4.78, 5) is 37.6. The van der Waals surface area contributed by atoms with E-state index in [4.69, 9.17) is 25.8 Å². The van der Waals surface area contributed by atoms with Gasteiger partial charge in [0.25, 0.3) is 5.91 Å². The van der Waals surface area contributed by atoms with Gasteiger partial charge in [0.2, 0.25) is 11.9 Å². The lowest BCUT2D eigenvalue weighted by Gasteiger charge is -2.28. The first-order valence-corrected chi connectivity index (χ1v) is 14.0. The fourth-order valence-corrected chi connectivity index (χ4v) is 5.36. The third kappa shape index (κ3) is 6.45. The molecule has 1 fully saturated rings. The molecule has 2 atom stereocenters. The van der Waals surface area contributed by atoms with Crippen LogP contribution in [0.2, 0.25) is 5.02 Å². The highest BCUT2D eigenvalue weighted by molar-refractivity contribution is 6.33. The van der Waals surface area contributed by atoms with Gasteiger partial charge in [-0.1, -0.05) is 35.9 Å². The first kappa shape index (κ1) is 28.8. The summed E-state index contributed by atoms with van der Waals surface area (Å²) in [6, 6.07) is 12.2. The van der Waals surface area contributed by atoms with E-state index in [0.29, 0.717) is 46.8 Å². The van der Waals surface area contributed by atoms with Crippen LogP contribution in [0.15, 0.2) is 48.7 Å². The van der Waals surface area contributed by atoms with Crippen LogP contribution in [0.25, 0.3) is 11.3 Å². The van der Waals surface area contributed by atoms with Crippen molar-refractivity contribution in [3.05, 3.63) is 70.4 Å². The fourth-order valence-electron chi connectivity index (χ4n) is 5.15. The third-order valence-corrected chi connectivity index (χ3v) is 7.75. The monoisotopic (exact) mass is 579 g/mol. The van der Waals surface area contributed by atoms with E-state index in [1.165, 1.54) is 7.11 Å². The van der Waals surface area contributed by atoms with Crippen molar-refractivity contribution in [3.8, 4) is 17.0 Å². The van der Waals surface area contributed by atoms with Crippen LogP contribution in [0.4, 0.5) is 5.95 Å². The van der Waals surface area contributed by atoms with Crippen molar-refractivity contribution in [2.75, 3.05) is 39.4 Å². The third-order valence-electron chi connectivity index (χ3n) is 7.47. The van der Waals surface area contributed by atoms with Gasteiger partial charge in [0.1, 0.15) is 11.8 Å². The zero-order chi connectivity index (χ0) is 28.9. The number of fused-ring (bicyclic) bond motifs is 1. The van der Waals surface area contributed by atoms with Crippen molar-refractivity contribution < 1.29 is 23.8 Å². The van der Waals surface area contributed by atoms with Crippen LogP contribution in [-0.4, -0.2) is 72.8 Å². The van der Waals surface area contributed by atoms with Crippen molar-refractivity contribution in [1.82, 2.24) is 20.2 Å². The molecule has 1 unspecified atom stereocenters. The number of nitrogens with one attached hydrogen (secondary N) is 2. The van der Waals surface area contributed by atoms with Gasteiger partial charge < -0.3 is 29.7 Å². The molecule has 2 N–H and O–H groups in total. The van der Waals surface area contributed by atoms with Gasteiger partial charge in [0, 0.05) is 44.0 Å². The second kappa shape index (κ2) is 12.8. The molecule has 2 aliphatic heterocycles. The summed E-state index contributed by atoms with van der Waals surface area (Å²) in [6.45, 7) is 3.63. The number of carbonyl (C=O) groups excluding carboxylic acids is 2. The number of hydrogen-bond acceptors (Lipinski definition) is 8. The number of aromatic nitrogens is 2. The second-order valence-electron chi connectivity index (χ2n) is 10.2. The SMILES string of the molecule is COCC(C(=O)N[C@H](C)c1cccc(OC)c1)N1Cc2ccc(-c3nc(NC4CCOCC4)ncc3Cl)cc2C1=O. The molecule has 5 rings (SSSR count). The first-order valence-electron chi connectivity index (χ1n) is 13.6. The molecule has 0 radical (unpaired) electrons. The summed E-state index contributed by atoms with van der Waals surface area (Å²) in [5.41, 5.74) is 3.44. The highest BCUT2D eigenvalue weighted by Gasteiger charge is 2.37. The van der Waals surface area contributed by atoms with Crippen LogP contribution in [-0.2, 0) is 20.8 Å². The minimum Gasteiger partial charge on any atom is -0.497 e. The minimum absolute atomic E-state index is 0.0578. The lowest BCUT2D eigenvalue weighted by atomic mass is 10.0. The lowest BCUT2D eigenvalue weighted by molar-refractivity contribution is -0.128. The number of hydrogen-bond donors (Lipinski definition) is 2. The fraction of sp³-hybridized carbons (Fsp3) is 0.400.